The fraction of sp³-hybridized carbons (Fsp3) is 0.529. The van der Waals surface area contributed by atoms with E-state index in [1.807, 2.05) is 31.2 Å². The third-order valence-corrected chi connectivity index (χ3v) is 4.08. The lowest BCUT2D eigenvalue weighted by atomic mass is 9.97. The van der Waals surface area contributed by atoms with Crippen LogP contribution in [-0.2, 0) is 4.74 Å². The number of para-hydroxylation sites is 2. The first-order chi connectivity index (χ1) is 10.4. The molecule has 2 aliphatic heterocycles. The number of ether oxygens (including phenoxy) is 3. The van der Waals surface area contributed by atoms with E-state index in [0.717, 1.165) is 18.0 Å². The van der Waals surface area contributed by atoms with Crippen molar-refractivity contribution in [1.82, 2.24) is 4.90 Å². The minimum Gasteiger partial charge on any atom is -0.491 e. The SMILES string of the molecule is CCOc1ccccc1OCC1OC=CN2CCCCC12. The van der Waals surface area contributed by atoms with E-state index in [2.05, 4.69) is 11.1 Å². The summed E-state index contributed by atoms with van der Waals surface area (Å²) in [6.45, 7) is 4.29. The fourth-order valence-electron chi connectivity index (χ4n) is 3.04. The van der Waals surface area contributed by atoms with Crippen LogP contribution in [0.5, 0.6) is 11.5 Å². The van der Waals surface area contributed by atoms with Gasteiger partial charge in [0.2, 0.25) is 0 Å². The molecule has 2 unspecified atom stereocenters. The van der Waals surface area contributed by atoms with Crippen LogP contribution in [0.2, 0.25) is 0 Å². The van der Waals surface area contributed by atoms with Gasteiger partial charge in [0.1, 0.15) is 6.61 Å². The Kier molecular flexibility index (Phi) is 4.53. The summed E-state index contributed by atoms with van der Waals surface area (Å²) in [5.74, 6) is 1.59. The van der Waals surface area contributed by atoms with Crippen LogP contribution in [0.4, 0.5) is 0 Å². The van der Waals surface area contributed by atoms with Crippen LogP contribution < -0.4 is 9.47 Å². The van der Waals surface area contributed by atoms with Crippen molar-refractivity contribution in [3.05, 3.63) is 36.7 Å². The maximum atomic E-state index is 5.97. The van der Waals surface area contributed by atoms with Crippen molar-refractivity contribution < 1.29 is 14.2 Å². The van der Waals surface area contributed by atoms with Gasteiger partial charge in [-0.25, -0.2) is 0 Å². The molecular weight excluding hydrogens is 266 g/mol. The van der Waals surface area contributed by atoms with Crippen molar-refractivity contribution in [1.29, 1.82) is 0 Å². The Morgan fingerprint density at radius 2 is 2.00 bits per heavy atom. The third kappa shape index (κ3) is 3.26. The third-order valence-electron chi connectivity index (χ3n) is 4.08. The van der Waals surface area contributed by atoms with Crippen LogP contribution in [0.1, 0.15) is 26.2 Å². The predicted octanol–water partition coefficient (Wildman–Crippen LogP) is 3.19. The lowest BCUT2D eigenvalue weighted by Gasteiger charge is -2.41. The summed E-state index contributed by atoms with van der Waals surface area (Å²) >= 11 is 0. The quantitative estimate of drug-likeness (QED) is 0.833. The maximum absolute atomic E-state index is 5.97. The minimum absolute atomic E-state index is 0.0879. The van der Waals surface area contributed by atoms with Crippen LogP contribution in [0, 0.1) is 0 Å². The molecule has 21 heavy (non-hydrogen) atoms. The molecule has 2 atom stereocenters. The van der Waals surface area contributed by atoms with E-state index in [4.69, 9.17) is 14.2 Å². The average Bonchev–Trinajstić information content (AvgIpc) is 2.54. The second kappa shape index (κ2) is 6.74. The van der Waals surface area contributed by atoms with E-state index in [0.29, 0.717) is 19.3 Å². The molecule has 0 aromatic heterocycles. The summed E-state index contributed by atoms with van der Waals surface area (Å²) in [5, 5.41) is 0. The summed E-state index contributed by atoms with van der Waals surface area (Å²) in [7, 11) is 0. The zero-order valence-electron chi connectivity index (χ0n) is 12.5. The van der Waals surface area contributed by atoms with Crippen molar-refractivity contribution >= 4 is 0 Å². The molecule has 1 aromatic carbocycles. The van der Waals surface area contributed by atoms with Crippen molar-refractivity contribution in [3.63, 3.8) is 0 Å². The molecule has 114 valence electrons. The molecule has 1 saturated heterocycles. The van der Waals surface area contributed by atoms with Crippen LogP contribution in [0.25, 0.3) is 0 Å². The molecule has 4 nitrogen and oxygen atoms in total. The molecule has 1 fully saturated rings. The van der Waals surface area contributed by atoms with Crippen LogP contribution in [0.3, 0.4) is 0 Å². The first-order valence-corrected chi connectivity index (χ1v) is 7.81. The molecule has 0 saturated carbocycles. The smallest absolute Gasteiger partial charge is 0.161 e. The number of hydrogen-bond donors (Lipinski definition) is 0. The van der Waals surface area contributed by atoms with Gasteiger partial charge >= 0.3 is 0 Å². The standard InChI is InChI=1S/C17H23NO3/c1-2-19-15-8-3-4-9-16(15)21-13-17-14-7-5-6-10-18(14)11-12-20-17/h3-4,8-9,11-12,14,17H,2,5-7,10,13H2,1H3. The Balaban J connectivity index is 1.63. The first kappa shape index (κ1) is 14.1. The molecule has 0 spiro atoms. The monoisotopic (exact) mass is 289 g/mol. The highest BCUT2D eigenvalue weighted by atomic mass is 16.5. The molecular formula is C17H23NO3. The Hall–Kier alpha value is -1.84. The van der Waals surface area contributed by atoms with Crippen LogP contribution >= 0.6 is 0 Å². The van der Waals surface area contributed by atoms with Gasteiger partial charge in [-0.2, -0.15) is 0 Å². The molecule has 0 amide bonds. The average molecular weight is 289 g/mol. The molecule has 4 heteroatoms. The molecule has 2 heterocycles. The molecule has 0 N–H and O–H groups in total. The molecule has 0 aliphatic carbocycles. The summed E-state index contributed by atoms with van der Waals surface area (Å²) in [5.41, 5.74) is 0. The van der Waals surface area contributed by atoms with Gasteiger partial charge in [-0.15, -0.1) is 0 Å². The largest absolute Gasteiger partial charge is 0.491 e. The molecule has 3 rings (SSSR count). The number of fused-ring (bicyclic) bond motifs is 1. The van der Waals surface area contributed by atoms with Gasteiger partial charge in [-0.3, -0.25) is 0 Å². The Labute approximate surface area is 126 Å². The second-order valence-electron chi connectivity index (χ2n) is 5.45. The van der Waals surface area contributed by atoms with Crippen LogP contribution in [-0.4, -0.2) is 36.8 Å². The van der Waals surface area contributed by atoms with E-state index < -0.39 is 0 Å². The summed E-state index contributed by atoms with van der Waals surface area (Å²) in [6.07, 6.45) is 7.65. The predicted molar refractivity (Wildman–Crippen MR) is 81.5 cm³/mol. The van der Waals surface area contributed by atoms with E-state index in [1.54, 1.807) is 6.26 Å². The second-order valence-corrected chi connectivity index (χ2v) is 5.45. The molecule has 1 aromatic rings. The van der Waals surface area contributed by atoms with E-state index in [1.165, 1.54) is 19.3 Å². The number of rotatable bonds is 5. The van der Waals surface area contributed by atoms with E-state index in [-0.39, 0.29) is 6.10 Å². The van der Waals surface area contributed by atoms with Gasteiger partial charge in [0.25, 0.3) is 0 Å². The Morgan fingerprint density at radius 3 is 2.81 bits per heavy atom. The van der Waals surface area contributed by atoms with Gasteiger partial charge < -0.3 is 19.1 Å². The molecule has 2 aliphatic rings. The van der Waals surface area contributed by atoms with Crippen LogP contribution in [0.15, 0.2) is 36.7 Å². The lowest BCUT2D eigenvalue weighted by Crippen LogP contribution is -2.49. The summed E-state index contributed by atoms with van der Waals surface area (Å²) in [4.78, 5) is 2.38. The normalized spacial score (nSPS) is 24.1. The zero-order valence-corrected chi connectivity index (χ0v) is 12.5. The van der Waals surface area contributed by atoms with Gasteiger partial charge in [0.05, 0.1) is 18.9 Å². The number of piperidine rings is 1. The van der Waals surface area contributed by atoms with Gasteiger partial charge in [0, 0.05) is 12.7 Å². The van der Waals surface area contributed by atoms with Gasteiger partial charge in [0.15, 0.2) is 17.6 Å². The highest BCUT2D eigenvalue weighted by Gasteiger charge is 2.32. The van der Waals surface area contributed by atoms with Gasteiger partial charge in [-0.1, -0.05) is 12.1 Å². The minimum atomic E-state index is 0.0879. The van der Waals surface area contributed by atoms with Crippen molar-refractivity contribution in [2.24, 2.45) is 0 Å². The van der Waals surface area contributed by atoms with Crippen molar-refractivity contribution in [3.8, 4) is 11.5 Å². The highest BCUT2D eigenvalue weighted by molar-refractivity contribution is 5.39. The summed E-state index contributed by atoms with van der Waals surface area (Å²) in [6, 6.07) is 8.24. The maximum Gasteiger partial charge on any atom is 0.161 e. The van der Waals surface area contributed by atoms with Crippen molar-refractivity contribution in [2.45, 2.75) is 38.3 Å². The molecule has 0 radical (unpaired) electrons. The van der Waals surface area contributed by atoms with Gasteiger partial charge in [-0.05, 0) is 38.3 Å². The van der Waals surface area contributed by atoms with E-state index >= 15 is 0 Å². The van der Waals surface area contributed by atoms with Crippen molar-refractivity contribution in [2.75, 3.05) is 19.8 Å². The Bertz CT molecular complexity index is 489. The number of benzene rings is 1. The fourth-order valence-corrected chi connectivity index (χ4v) is 3.04. The zero-order chi connectivity index (χ0) is 14.5. The number of hydrogen-bond acceptors (Lipinski definition) is 4. The Morgan fingerprint density at radius 1 is 1.19 bits per heavy atom. The number of nitrogens with zero attached hydrogens (tertiary/aromatic N) is 1. The highest BCUT2D eigenvalue weighted by Crippen LogP contribution is 2.29. The topological polar surface area (TPSA) is 30.9 Å². The van der Waals surface area contributed by atoms with E-state index in [9.17, 15) is 0 Å². The first-order valence-electron chi connectivity index (χ1n) is 7.81. The molecule has 0 bridgehead atoms. The summed E-state index contributed by atoms with van der Waals surface area (Å²) < 4.78 is 17.3. The lowest BCUT2D eigenvalue weighted by molar-refractivity contribution is -0.0129.